The number of ether oxygens (including phenoxy) is 1. The predicted octanol–water partition coefficient (Wildman–Crippen LogP) is 3.81. The first-order valence-electron chi connectivity index (χ1n) is 7.64. The lowest BCUT2D eigenvalue weighted by molar-refractivity contribution is 0.0510. The first-order chi connectivity index (χ1) is 10.8. The molecule has 1 unspecified atom stereocenters. The smallest absolute Gasteiger partial charge is 0.408 e. The molecule has 1 atom stereocenters. The number of amides is 1. The van der Waals surface area contributed by atoms with E-state index in [4.69, 9.17) is 9.26 Å². The van der Waals surface area contributed by atoms with Crippen LogP contribution in [0.15, 0.2) is 34.9 Å². The Kier molecular flexibility index (Phi) is 5.03. The minimum atomic E-state index is -0.578. The number of carbonyl (C=O) groups is 1. The van der Waals surface area contributed by atoms with Crippen molar-refractivity contribution in [1.29, 1.82) is 0 Å². The van der Waals surface area contributed by atoms with E-state index in [1.165, 1.54) is 0 Å². The number of nitrogens with one attached hydrogen (secondary N) is 1. The van der Waals surface area contributed by atoms with E-state index >= 15 is 0 Å². The van der Waals surface area contributed by atoms with Crippen LogP contribution < -0.4 is 5.32 Å². The number of carbonyl (C=O) groups excluding carboxylic acids is 1. The summed E-state index contributed by atoms with van der Waals surface area (Å²) in [5.74, 6) is 1.06. The molecule has 0 bridgehead atoms. The van der Waals surface area contributed by atoms with Gasteiger partial charge in [0.05, 0.1) is 0 Å². The van der Waals surface area contributed by atoms with Crippen LogP contribution >= 0.6 is 0 Å². The number of alkyl carbamates (subject to hydrolysis) is 1. The second-order valence-corrected chi connectivity index (χ2v) is 6.64. The summed E-state index contributed by atoms with van der Waals surface area (Å²) in [5.41, 5.74) is 0.278. The van der Waals surface area contributed by atoms with Crippen LogP contribution in [0, 0.1) is 0 Å². The highest BCUT2D eigenvalue weighted by atomic mass is 16.6. The minimum Gasteiger partial charge on any atom is -0.444 e. The van der Waals surface area contributed by atoms with E-state index in [-0.39, 0.29) is 5.92 Å². The van der Waals surface area contributed by atoms with Crippen molar-refractivity contribution < 1.29 is 14.1 Å². The summed E-state index contributed by atoms with van der Waals surface area (Å²) in [5, 5.41) is 6.82. The van der Waals surface area contributed by atoms with Crippen molar-refractivity contribution in [1.82, 2.24) is 15.5 Å². The van der Waals surface area contributed by atoms with Crippen molar-refractivity contribution in [2.24, 2.45) is 0 Å². The molecule has 1 aromatic heterocycles. The Morgan fingerprint density at radius 3 is 2.39 bits per heavy atom. The van der Waals surface area contributed by atoms with Crippen LogP contribution in [0.3, 0.4) is 0 Å². The molecule has 1 heterocycles. The van der Waals surface area contributed by atoms with Gasteiger partial charge in [-0.3, -0.25) is 0 Å². The number of hydrogen-bond donors (Lipinski definition) is 1. The zero-order valence-electron chi connectivity index (χ0n) is 14.2. The summed E-state index contributed by atoms with van der Waals surface area (Å²) in [6.45, 7) is 9.38. The molecule has 0 aliphatic carbocycles. The van der Waals surface area contributed by atoms with Crippen LogP contribution in [-0.4, -0.2) is 21.8 Å². The standard InChI is InChI=1S/C17H23N3O3/c1-11(2)15-19-14(20-23-15)13(12-9-7-6-8-10-12)18-16(21)22-17(3,4)5/h6-11,13H,1-5H3,(H,18,21). The molecule has 0 spiro atoms. The van der Waals surface area contributed by atoms with Crippen molar-refractivity contribution in [3.8, 4) is 0 Å². The zero-order chi connectivity index (χ0) is 17.0. The van der Waals surface area contributed by atoms with Gasteiger partial charge in [0, 0.05) is 5.92 Å². The molecule has 0 fully saturated rings. The van der Waals surface area contributed by atoms with Crippen molar-refractivity contribution in [2.75, 3.05) is 0 Å². The largest absolute Gasteiger partial charge is 0.444 e. The van der Waals surface area contributed by atoms with Gasteiger partial charge >= 0.3 is 6.09 Å². The van der Waals surface area contributed by atoms with Crippen LogP contribution in [0.4, 0.5) is 4.79 Å². The molecule has 0 radical (unpaired) electrons. The zero-order valence-corrected chi connectivity index (χ0v) is 14.2. The highest BCUT2D eigenvalue weighted by Gasteiger charge is 2.25. The first kappa shape index (κ1) is 17.0. The van der Waals surface area contributed by atoms with Gasteiger partial charge in [0.25, 0.3) is 0 Å². The van der Waals surface area contributed by atoms with E-state index in [1.54, 1.807) is 0 Å². The van der Waals surface area contributed by atoms with Gasteiger partial charge in [0.15, 0.2) is 5.82 Å². The first-order valence-corrected chi connectivity index (χ1v) is 7.64. The monoisotopic (exact) mass is 317 g/mol. The summed E-state index contributed by atoms with van der Waals surface area (Å²) >= 11 is 0. The second-order valence-electron chi connectivity index (χ2n) is 6.64. The Balaban J connectivity index is 2.27. The van der Waals surface area contributed by atoms with Crippen molar-refractivity contribution in [2.45, 2.75) is 52.2 Å². The lowest BCUT2D eigenvalue weighted by Crippen LogP contribution is -2.35. The molecular formula is C17H23N3O3. The Labute approximate surface area is 136 Å². The number of aromatic nitrogens is 2. The van der Waals surface area contributed by atoms with Gasteiger partial charge in [-0.1, -0.05) is 49.3 Å². The van der Waals surface area contributed by atoms with Gasteiger partial charge < -0.3 is 14.6 Å². The fourth-order valence-corrected chi connectivity index (χ4v) is 1.97. The van der Waals surface area contributed by atoms with Crippen LogP contribution in [0.25, 0.3) is 0 Å². The minimum absolute atomic E-state index is 0.120. The molecule has 6 heteroatoms. The quantitative estimate of drug-likeness (QED) is 0.928. The molecule has 0 aliphatic heterocycles. The molecular weight excluding hydrogens is 294 g/mol. The van der Waals surface area contributed by atoms with Crippen molar-refractivity contribution in [3.05, 3.63) is 47.6 Å². The highest BCUT2D eigenvalue weighted by molar-refractivity contribution is 5.69. The van der Waals surface area contributed by atoms with Crippen LogP contribution in [0.5, 0.6) is 0 Å². The predicted molar refractivity (Wildman–Crippen MR) is 86.0 cm³/mol. The SMILES string of the molecule is CC(C)c1nc(C(NC(=O)OC(C)(C)C)c2ccccc2)no1. The maximum absolute atomic E-state index is 12.1. The lowest BCUT2D eigenvalue weighted by Gasteiger charge is -2.22. The Morgan fingerprint density at radius 2 is 1.87 bits per heavy atom. The Hall–Kier alpha value is -2.37. The van der Waals surface area contributed by atoms with Gasteiger partial charge in [-0.2, -0.15) is 4.98 Å². The fourth-order valence-electron chi connectivity index (χ4n) is 1.97. The fraction of sp³-hybridized carbons (Fsp3) is 0.471. The van der Waals surface area contributed by atoms with E-state index in [1.807, 2.05) is 65.0 Å². The maximum Gasteiger partial charge on any atom is 0.408 e. The molecule has 0 aliphatic rings. The molecule has 1 N–H and O–H groups in total. The van der Waals surface area contributed by atoms with Gasteiger partial charge in [0.2, 0.25) is 5.89 Å². The maximum atomic E-state index is 12.1. The summed E-state index contributed by atoms with van der Waals surface area (Å²) in [6.07, 6.45) is -0.526. The van der Waals surface area contributed by atoms with E-state index in [2.05, 4.69) is 15.5 Å². The van der Waals surface area contributed by atoms with Gasteiger partial charge in [0.1, 0.15) is 11.6 Å². The van der Waals surface area contributed by atoms with E-state index in [9.17, 15) is 4.79 Å². The summed E-state index contributed by atoms with van der Waals surface area (Å²) in [6, 6.07) is 8.96. The third kappa shape index (κ3) is 4.81. The normalized spacial score (nSPS) is 13.0. The van der Waals surface area contributed by atoms with Crippen molar-refractivity contribution >= 4 is 6.09 Å². The van der Waals surface area contributed by atoms with E-state index < -0.39 is 17.7 Å². The second kappa shape index (κ2) is 6.81. The van der Waals surface area contributed by atoms with Gasteiger partial charge in [-0.05, 0) is 26.3 Å². The number of nitrogens with zero attached hydrogens (tertiary/aromatic N) is 2. The summed E-state index contributed by atoms with van der Waals surface area (Å²) < 4.78 is 10.6. The third-order valence-electron chi connectivity index (χ3n) is 3.00. The molecule has 1 amide bonds. The average molecular weight is 317 g/mol. The molecule has 0 saturated carbocycles. The number of benzene rings is 1. The molecule has 2 aromatic rings. The Morgan fingerprint density at radius 1 is 1.22 bits per heavy atom. The topological polar surface area (TPSA) is 77.2 Å². The van der Waals surface area contributed by atoms with E-state index in [0.29, 0.717) is 11.7 Å². The molecule has 23 heavy (non-hydrogen) atoms. The molecule has 2 rings (SSSR count). The molecule has 6 nitrogen and oxygen atoms in total. The van der Waals surface area contributed by atoms with Crippen LogP contribution in [0.1, 0.15) is 63.9 Å². The average Bonchev–Trinajstić information content (AvgIpc) is 2.93. The van der Waals surface area contributed by atoms with E-state index in [0.717, 1.165) is 5.56 Å². The van der Waals surface area contributed by atoms with Crippen molar-refractivity contribution in [3.63, 3.8) is 0 Å². The number of rotatable bonds is 4. The van der Waals surface area contributed by atoms with Gasteiger partial charge in [-0.15, -0.1) is 0 Å². The van der Waals surface area contributed by atoms with Crippen LogP contribution in [-0.2, 0) is 4.74 Å². The summed E-state index contributed by atoms with van der Waals surface area (Å²) in [7, 11) is 0. The van der Waals surface area contributed by atoms with Crippen LogP contribution in [0.2, 0.25) is 0 Å². The molecule has 1 aromatic carbocycles. The third-order valence-corrected chi connectivity index (χ3v) is 3.00. The summed E-state index contributed by atoms with van der Waals surface area (Å²) in [4.78, 5) is 16.5. The Bertz CT molecular complexity index is 645. The van der Waals surface area contributed by atoms with Gasteiger partial charge in [-0.25, -0.2) is 4.79 Å². The number of hydrogen-bond acceptors (Lipinski definition) is 5. The lowest BCUT2D eigenvalue weighted by atomic mass is 10.1. The molecule has 124 valence electrons. The molecule has 0 saturated heterocycles. The highest BCUT2D eigenvalue weighted by Crippen LogP contribution is 2.22.